The van der Waals surface area contributed by atoms with Crippen LogP contribution in [0, 0.1) is 5.92 Å². The van der Waals surface area contributed by atoms with Gasteiger partial charge in [0.05, 0.1) is 12.6 Å². The van der Waals surface area contributed by atoms with Gasteiger partial charge < -0.3 is 64.6 Å². The van der Waals surface area contributed by atoms with Crippen LogP contribution >= 0.6 is 0 Å². The Bertz CT molecular complexity index is 1620. The van der Waals surface area contributed by atoms with E-state index in [1.807, 2.05) is 0 Å². The van der Waals surface area contributed by atoms with Gasteiger partial charge in [0.2, 0.25) is 41.4 Å². The summed E-state index contributed by atoms with van der Waals surface area (Å²) in [5.41, 5.74) is 22.7. The van der Waals surface area contributed by atoms with E-state index in [1.54, 1.807) is 26.0 Å². The summed E-state index contributed by atoms with van der Waals surface area (Å²) < 4.78 is 0. The molecule has 1 fully saturated rings. The van der Waals surface area contributed by atoms with Crippen molar-refractivity contribution in [2.45, 2.75) is 108 Å². The van der Waals surface area contributed by atoms with Crippen molar-refractivity contribution in [2.75, 3.05) is 19.6 Å². The van der Waals surface area contributed by atoms with Gasteiger partial charge in [-0.3, -0.25) is 38.6 Å². The maximum absolute atomic E-state index is 13.6. The third-order valence-electron chi connectivity index (χ3n) is 8.95. The fourth-order valence-electron chi connectivity index (χ4n) is 6.01. The van der Waals surface area contributed by atoms with Crippen molar-refractivity contribution in [1.82, 2.24) is 31.5 Å². The van der Waals surface area contributed by atoms with Crippen LogP contribution in [0.4, 0.5) is 0 Å². The summed E-state index contributed by atoms with van der Waals surface area (Å²) in [6, 6.07) is -0.951. The molecule has 1 aliphatic heterocycles. The number of nitrogens with zero attached hydrogens (tertiary/aromatic N) is 2. The van der Waals surface area contributed by atoms with Gasteiger partial charge in [0, 0.05) is 19.5 Å². The van der Waals surface area contributed by atoms with E-state index >= 15 is 0 Å². The van der Waals surface area contributed by atoms with Gasteiger partial charge in [-0.2, -0.15) is 0 Å². The van der Waals surface area contributed by atoms with Gasteiger partial charge in [0.25, 0.3) is 0 Å². The zero-order valence-electron chi connectivity index (χ0n) is 32.5. The van der Waals surface area contributed by atoms with Crippen molar-refractivity contribution in [3.05, 3.63) is 29.8 Å². The number of carbonyl (C=O) groups is 8. The molecule has 6 atom stereocenters. The SMILES string of the molecule is CC(C)C[C@H](NC(=O)[C@H](CCC(N)=O)NC(=O)[C@@H]1CCCN1C(=O)[C@H](C)NC(=O)[C@H](CCCN=C(N)N)NC(=O)CNC(=O)[C@@H](N)Cc1ccc(O)cc1)C(=O)O. The van der Waals surface area contributed by atoms with Crippen LogP contribution in [-0.4, -0.2) is 124 Å². The van der Waals surface area contributed by atoms with Crippen molar-refractivity contribution in [2.24, 2.45) is 33.8 Å². The molecule has 21 heteroatoms. The highest BCUT2D eigenvalue weighted by Crippen LogP contribution is 2.20. The van der Waals surface area contributed by atoms with Crippen LogP contribution in [0.5, 0.6) is 5.75 Å². The molecule has 1 aromatic rings. The van der Waals surface area contributed by atoms with E-state index in [-0.39, 0.29) is 75.7 Å². The highest BCUT2D eigenvalue weighted by molar-refractivity contribution is 5.97. The summed E-state index contributed by atoms with van der Waals surface area (Å²) in [6.45, 7) is 4.68. The van der Waals surface area contributed by atoms with Crippen molar-refractivity contribution in [1.29, 1.82) is 0 Å². The lowest BCUT2D eigenvalue weighted by molar-refractivity contribution is -0.144. The minimum atomic E-state index is -1.34. The van der Waals surface area contributed by atoms with Gasteiger partial charge in [-0.05, 0) is 75.5 Å². The molecule has 1 saturated heterocycles. The average Bonchev–Trinajstić information content (AvgIpc) is 3.63. The zero-order chi connectivity index (χ0) is 42.8. The quantitative estimate of drug-likeness (QED) is 0.0295. The predicted octanol–water partition coefficient (Wildman–Crippen LogP) is -3.22. The second kappa shape index (κ2) is 23.2. The number of amides is 7. The lowest BCUT2D eigenvalue weighted by Crippen LogP contribution is -2.58. The number of carboxylic acids is 1. The fourth-order valence-corrected chi connectivity index (χ4v) is 6.01. The number of phenols is 1. The number of benzene rings is 1. The van der Waals surface area contributed by atoms with E-state index < -0.39 is 90.1 Å². The number of nitrogens with one attached hydrogen (secondary N) is 5. The van der Waals surface area contributed by atoms with Crippen molar-refractivity contribution in [3.8, 4) is 5.75 Å². The molecule has 1 heterocycles. The van der Waals surface area contributed by atoms with Gasteiger partial charge >= 0.3 is 5.97 Å². The summed E-state index contributed by atoms with van der Waals surface area (Å²) in [6.07, 6.45) is 0.626. The molecule has 0 unspecified atom stereocenters. The Hall–Kier alpha value is -5.99. The molecule has 57 heavy (non-hydrogen) atoms. The third kappa shape index (κ3) is 16.7. The minimum Gasteiger partial charge on any atom is -0.508 e. The molecular formula is C36H57N11O10. The second-order valence-corrected chi connectivity index (χ2v) is 14.3. The van der Waals surface area contributed by atoms with Crippen LogP contribution in [0.1, 0.15) is 71.3 Å². The number of aromatic hydroxyl groups is 1. The predicted molar refractivity (Wildman–Crippen MR) is 206 cm³/mol. The first-order valence-corrected chi connectivity index (χ1v) is 18.7. The van der Waals surface area contributed by atoms with Crippen LogP contribution in [0.3, 0.4) is 0 Å². The van der Waals surface area contributed by atoms with E-state index in [4.69, 9.17) is 22.9 Å². The molecule has 2 rings (SSSR count). The fraction of sp³-hybridized carbons (Fsp3) is 0.583. The van der Waals surface area contributed by atoms with Gasteiger partial charge in [0.15, 0.2) is 5.96 Å². The first-order chi connectivity index (χ1) is 26.8. The lowest BCUT2D eigenvalue weighted by Gasteiger charge is -2.29. The molecule has 0 aliphatic carbocycles. The summed E-state index contributed by atoms with van der Waals surface area (Å²) in [5.74, 6) is -6.54. The summed E-state index contributed by atoms with van der Waals surface area (Å²) in [5, 5.41) is 31.5. The Labute approximate surface area is 330 Å². The number of guanidine groups is 1. The van der Waals surface area contributed by atoms with E-state index in [0.717, 1.165) is 0 Å². The molecule has 0 radical (unpaired) electrons. The molecule has 316 valence electrons. The van der Waals surface area contributed by atoms with Crippen LogP contribution in [0.25, 0.3) is 0 Å². The Morgan fingerprint density at radius 1 is 0.860 bits per heavy atom. The molecule has 21 nitrogen and oxygen atoms in total. The standard InChI is InChI=1S/C36H57N11O10/c1-19(2)16-26(35(56)57)46-32(53)25(12-13-28(38)49)45-33(54)27-7-5-15-47(27)34(55)20(3)43-31(52)24(6-4-14-41-36(39)40)44-29(50)18-42-30(51)23(37)17-21-8-10-22(48)11-9-21/h8-11,19-20,23-27,48H,4-7,12-18,37H2,1-3H3,(H2,38,49)(H,42,51)(H,43,52)(H,44,50)(H,45,54)(H,46,53)(H,56,57)(H4,39,40,41)/t20-,23-,24-,25-,26-,27-/m0/s1. The number of hydrogen-bond acceptors (Lipinski definition) is 11. The number of primary amides is 1. The molecule has 0 bridgehead atoms. The van der Waals surface area contributed by atoms with E-state index in [1.165, 1.54) is 24.0 Å². The summed E-state index contributed by atoms with van der Waals surface area (Å²) in [7, 11) is 0. The number of carboxylic acid groups (broad SMARTS) is 1. The van der Waals surface area contributed by atoms with Gasteiger partial charge in [-0.15, -0.1) is 0 Å². The topological polar surface area (TPSA) is 357 Å². The molecule has 0 saturated carbocycles. The molecule has 7 amide bonds. The Morgan fingerprint density at radius 2 is 1.49 bits per heavy atom. The highest BCUT2D eigenvalue weighted by atomic mass is 16.4. The number of hydrogen-bond donors (Lipinski definition) is 11. The molecule has 0 spiro atoms. The zero-order valence-corrected chi connectivity index (χ0v) is 32.5. The molecule has 1 aromatic carbocycles. The molecular weight excluding hydrogens is 746 g/mol. The number of nitrogens with two attached hydrogens (primary N) is 4. The number of phenolic OH excluding ortho intramolecular Hbond substituents is 1. The smallest absolute Gasteiger partial charge is 0.326 e. The molecule has 15 N–H and O–H groups in total. The highest BCUT2D eigenvalue weighted by Gasteiger charge is 2.39. The monoisotopic (exact) mass is 803 g/mol. The number of carbonyl (C=O) groups excluding carboxylic acids is 7. The number of rotatable bonds is 23. The summed E-state index contributed by atoms with van der Waals surface area (Å²) in [4.78, 5) is 108. The lowest BCUT2D eigenvalue weighted by atomic mass is 10.0. The number of aliphatic carboxylic acids is 1. The van der Waals surface area contributed by atoms with Gasteiger partial charge in [-0.25, -0.2) is 4.79 Å². The minimum absolute atomic E-state index is 0.0347. The molecule has 1 aliphatic rings. The Morgan fingerprint density at radius 3 is 2.09 bits per heavy atom. The normalized spacial score (nSPS) is 16.2. The second-order valence-electron chi connectivity index (χ2n) is 14.3. The third-order valence-corrected chi connectivity index (χ3v) is 8.95. The van der Waals surface area contributed by atoms with Crippen molar-refractivity contribution in [3.63, 3.8) is 0 Å². The number of likely N-dealkylation sites (tertiary alicyclic amines) is 1. The van der Waals surface area contributed by atoms with E-state index in [0.29, 0.717) is 12.0 Å². The van der Waals surface area contributed by atoms with Crippen LogP contribution < -0.4 is 49.5 Å². The molecule has 0 aromatic heterocycles. The summed E-state index contributed by atoms with van der Waals surface area (Å²) >= 11 is 0. The Balaban J connectivity index is 2.10. The van der Waals surface area contributed by atoms with E-state index in [9.17, 15) is 48.6 Å². The van der Waals surface area contributed by atoms with Gasteiger partial charge in [0.1, 0.15) is 36.0 Å². The van der Waals surface area contributed by atoms with Crippen molar-refractivity contribution >= 4 is 53.3 Å². The van der Waals surface area contributed by atoms with Crippen LogP contribution in [0.2, 0.25) is 0 Å². The average molecular weight is 804 g/mol. The first-order valence-electron chi connectivity index (χ1n) is 18.7. The maximum atomic E-state index is 13.6. The number of aliphatic imine (C=N–C) groups is 1. The maximum Gasteiger partial charge on any atom is 0.326 e. The largest absolute Gasteiger partial charge is 0.508 e. The van der Waals surface area contributed by atoms with Gasteiger partial charge in [-0.1, -0.05) is 26.0 Å². The first kappa shape index (κ1) is 47.2. The van der Waals surface area contributed by atoms with Crippen LogP contribution in [0.15, 0.2) is 29.3 Å². The van der Waals surface area contributed by atoms with Crippen LogP contribution in [-0.2, 0) is 44.8 Å². The van der Waals surface area contributed by atoms with Crippen molar-refractivity contribution < 1.29 is 48.6 Å². The van der Waals surface area contributed by atoms with E-state index in [2.05, 4.69) is 31.6 Å². The Kier molecular flexibility index (Phi) is 19.2.